The van der Waals surface area contributed by atoms with Crippen LogP contribution in [-0.2, 0) is 20.7 Å². The second-order valence-electron chi connectivity index (χ2n) is 6.43. The number of morpholine rings is 1. The number of aromatic nitrogens is 1. The van der Waals surface area contributed by atoms with Crippen LogP contribution < -0.4 is 5.32 Å². The molecule has 27 heavy (non-hydrogen) atoms. The van der Waals surface area contributed by atoms with Crippen molar-refractivity contribution in [2.75, 3.05) is 26.2 Å². The summed E-state index contributed by atoms with van der Waals surface area (Å²) in [6, 6.07) is 13.5. The number of halogens is 1. The van der Waals surface area contributed by atoms with E-state index in [4.69, 9.17) is 21.3 Å². The maximum atomic E-state index is 12.2. The number of benzene rings is 1. The van der Waals surface area contributed by atoms with Gasteiger partial charge in [-0.3, -0.25) is 14.6 Å². The Bertz CT molecular complexity index is 828. The first-order valence-corrected chi connectivity index (χ1v) is 9.24. The molecule has 142 valence electrons. The van der Waals surface area contributed by atoms with E-state index in [1.807, 2.05) is 42.5 Å². The summed E-state index contributed by atoms with van der Waals surface area (Å²) in [4.78, 5) is 29.7. The van der Waals surface area contributed by atoms with E-state index in [-0.39, 0.29) is 24.5 Å². The molecule has 1 saturated heterocycles. The van der Waals surface area contributed by atoms with Crippen LogP contribution >= 0.6 is 11.6 Å². The minimum absolute atomic E-state index is 0.00201. The van der Waals surface area contributed by atoms with Gasteiger partial charge in [-0.15, -0.1) is 0 Å². The van der Waals surface area contributed by atoms with Gasteiger partial charge in [-0.25, -0.2) is 0 Å². The molecule has 0 aliphatic carbocycles. The van der Waals surface area contributed by atoms with Crippen molar-refractivity contribution in [1.82, 2.24) is 15.2 Å². The van der Waals surface area contributed by atoms with Gasteiger partial charge in [0, 0.05) is 30.6 Å². The molecule has 1 aromatic heterocycles. The van der Waals surface area contributed by atoms with Crippen molar-refractivity contribution in [1.29, 1.82) is 0 Å². The molecular weight excluding hydrogens is 366 g/mol. The summed E-state index contributed by atoms with van der Waals surface area (Å²) in [5, 5.41) is 3.26. The van der Waals surface area contributed by atoms with Crippen molar-refractivity contribution in [2.24, 2.45) is 0 Å². The molecule has 1 aliphatic heterocycles. The van der Waals surface area contributed by atoms with Crippen LogP contribution in [0, 0.1) is 0 Å². The summed E-state index contributed by atoms with van der Waals surface area (Å²) in [6.45, 7) is 2.76. The Morgan fingerprint density at radius 1 is 1.26 bits per heavy atom. The van der Waals surface area contributed by atoms with Crippen molar-refractivity contribution < 1.29 is 14.3 Å². The highest BCUT2D eigenvalue weighted by atomic mass is 35.5. The van der Waals surface area contributed by atoms with Crippen LogP contribution in [0.1, 0.15) is 30.0 Å². The van der Waals surface area contributed by atoms with Crippen molar-refractivity contribution in [2.45, 2.75) is 19.4 Å². The molecule has 2 aromatic rings. The third-order valence-corrected chi connectivity index (χ3v) is 4.76. The third-order valence-electron chi connectivity index (χ3n) is 4.40. The number of pyridine rings is 1. The maximum absolute atomic E-state index is 12.2. The zero-order chi connectivity index (χ0) is 19.2. The lowest BCUT2D eigenvalue weighted by atomic mass is 10.1. The molecule has 3 rings (SSSR count). The minimum Gasteiger partial charge on any atom is -0.368 e. The Labute approximate surface area is 163 Å². The van der Waals surface area contributed by atoms with E-state index in [9.17, 15) is 9.59 Å². The number of amides is 2. The summed E-state index contributed by atoms with van der Waals surface area (Å²) in [6.07, 6.45) is 0.344. The average Bonchev–Trinajstić information content (AvgIpc) is 2.68. The van der Waals surface area contributed by atoms with Crippen LogP contribution in [0.15, 0.2) is 42.5 Å². The third kappa shape index (κ3) is 5.28. The molecule has 7 heteroatoms. The van der Waals surface area contributed by atoms with Crippen molar-refractivity contribution in [3.63, 3.8) is 0 Å². The van der Waals surface area contributed by atoms with Crippen LogP contribution in [-0.4, -0.2) is 47.9 Å². The lowest BCUT2D eigenvalue weighted by Crippen LogP contribution is -2.46. The zero-order valence-electron chi connectivity index (χ0n) is 15.2. The van der Waals surface area contributed by atoms with Gasteiger partial charge in [-0.05, 0) is 23.8 Å². The zero-order valence-corrected chi connectivity index (χ0v) is 15.9. The van der Waals surface area contributed by atoms with Crippen LogP contribution in [0.25, 0.3) is 0 Å². The topological polar surface area (TPSA) is 71.5 Å². The molecule has 0 saturated carbocycles. The predicted molar refractivity (Wildman–Crippen MR) is 102 cm³/mol. The van der Waals surface area contributed by atoms with E-state index < -0.39 is 0 Å². The molecule has 2 amide bonds. The van der Waals surface area contributed by atoms with E-state index >= 15 is 0 Å². The predicted octanol–water partition coefficient (Wildman–Crippen LogP) is 2.36. The fourth-order valence-electron chi connectivity index (χ4n) is 2.98. The summed E-state index contributed by atoms with van der Waals surface area (Å²) in [5.41, 5.74) is 2.70. The highest BCUT2D eigenvalue weighted by molar-refractivity contribution is 6.31. The van der Waals surface area contributed by atoms with Gasteiger partial charge in [0.2, 0.25) is 11.8 Å². The highest BCUT2D eigenvalue weighted by Crippen LogP contribution is 2.23. The number of hydrogen-bond acceptors (Lipinski definition) is 4. The highest BCUT2D eigenvalue weighted by Gasteiger charge is 2.26. The van der Waals surface area contributed by atoms with Crippen LogP contribution in [0.5, 0.6) is 0 Å². The van der Waals surface area contributed by atoms with Gasteiger partial charge in [0.15, 0.2) is 0 Å². The summed E-state index contributed by atoms with van der Waals surface area (Å²) < 4.78 is 5.83. The van der Waals surface area contributed by atoms with E-state index in [2.05, 4.69) is 5.32 Å². The number of hydrogen-bond donors (Lipinski definition) is 1. The molecule has 1 aliphatic rings. The first-order valence-electron chi connectivity index (χ1n) is 8.86. The van der Waals surface area contributed by atoms with Gasteiger partial charge >= 0.3 is 0 Å². The van der Waals surface area contributed by atoms with E-state index in [0.717, 1.165) is 17.0 Å². The van der Waals surface area contributed by atoms with Gasteiger partial charge < -0.3 is 15.0 Å². The molecule has 0 spiro atoms. The first kappa shape index (κ1) is 19.3. The standard InChI is InChI=1S/C20H22ClN3O3/c1-14(25)22-12-20(26)24-9-10-27-19(13-24)18-8-4-6-16(23-18)11-15-5-2-3-7-17(15)21/h2-8,19H,9-13H2,1H3,(H,22,25)/t19-/m0/s1. The SMILES string of the molecule is CC(=O)NCC(=O)N1CCO[C@H](c2cccc(Cc3ccccc3Cl)n2)C1. The Kier molecular flexibility index (Phi) is 6.42. The van der Waals surface area contributed by atoms with Crippen LogP contribution in [0.3, 0.4) is 0 Å². The van der Waals surface area contributed by atoms with E-state index in [0.29, 0.717) is 31.1 Å². The lowest BCUT2D eigenvalue weighted by molar-refractivity contribution is -0.139. The summed E-state index contributed by atoms with van der Waals surface area (Å²) in [7, 11) is 0. The largest absolute Gasteiger partial charge is 0.368 e. The molecule has 6 nitrogen and oxygen atoms in total. The number of nitrogens with one attached hydrogen (secondary N) is 1. The Morgan fingerprint density at radius 2 is 2.07 bits per heavy atom. The fourth-order valence-corrected chi connectivity index (χ4v) is 3.18. The molecule has 0 radical (unpaired) electrons. The quantitative estimate of drug-likeness (QED) is 0.854. The number of ether oxygens (including phenoxy) is 1. The normalized spacial score (nSPS) is 16.8. The van der Waals surface area contributed by atoms with Crippen molar-refractivity contribution >= 4 is 23.4 Å². The second kappa shape index (κ2) is 8.97. The number of nitrogens with zero attached hydrogens (tertiary/aromatic N) is 2. The summed E-state index contributed by atoms with van der Waals surface area (Å²) in [5.74, 6) is -0.340. The molecule has 1 aromatic carbocycles. The van der Waals surface area contributed by atoms with Gasteiger partial charge in [-0.1, -0.05) is 35.9 Å². The van der Waals surface area contributed by atoms with E-state index in [1.165, 1.54) is 6.92 Å². The Balaban J connectivity index is 1.68. The Hall–Kier alpha value is -2.44. The smallest absolute Gasteiger partial charge is 0.242 e. The molecule has 0 bridgehead atoms. The van der Waals surface area contributed by atoms with Crippen molar-refractivity contribution in [3.05, 3.63) is 64.4 Å². The molecule has 1 atom stereocenters. The molecule has 0 unspecified atom stereocenters. The second-order valence-corrected chi connectivity index (χ2v) is 6.84. The average molecular weight is 388 g/mol. The van der Waals surface area contributed by atoms with Crippen LogP contribution in [0.4, 0.5) is 0 Å². The fraction of sp³-hybridized carbons (Fsp3) is 0.350. The molecule has 1 fully saturated rings. The first-order chi connectivity index (χ1) is 13.0. The van der Waals surface area contributed by atoms with Gasteiger partial charge in [-0.2, -0.15) is 0 Å². The molecule has 2 heterocycles. The molecule has 1 N–H and O–H groups in total. The van der Waals surface area contributed by atoms with E-state index in [1.54, 1.807) is 4.90 Å². The van der Waals surface area contributed by atoms with Crippen LogP contribution in [0.2, 0.25) is 5.02 Å². The number of carbonyl (C=O) groups excluding carboxylic acids is 2. The minimum atomic E-state index is -0.286. The van der Waals surface area contributed by atoms with Gasteiger partial charge in [0.25, 0.3) is 0 Å². The molecular formula is C20H22ClN3O3. The lowest BCUT2D eigenvalue weighted by Gasteiger charge is -2.32. The summed E-state index contributed by atoms with van der Waals surface area (Å²) >= 11 is 6.24. The number of carbonyl (C=O) groups is 2. The maximum Gasteiger partial charge on any atom is 0.242 e. The number of rotatable bonds is 5. The Morgan fingerprint density at radius 3 is 2.85 bits per heavy atom. The monoisotopic (exact) mass is 387 g/mol. The van der Waals surface area contributed by atoms with Gasteiger partial charge in [0.1, 0.15) is 6.10 Å². The van der Waals surface area contributed by atoms with Gasteiger partial charge in [0.05, 0.1) is 25.4 Å². The van der Waals surface area contributed by atoms with Crippen molar-refractivity contribution in [3.8, 4) is 0 Å².